The summed E-state index contributed by atoms with van der Waals surface area (Å²) in [5.74, 6) is -1.27. The van der Waals surface area contributed by atoms with Gasteiger partial charge in [0.1, 0.15) is 0 Å². The molecule has 2 N–H and O–H groups in total. The molecule has 25 heavy (non-hydrogen) atoms. The van der Waals surface area contributed by atoms with E-state index in [4.69, 9.17) is 11.6 Å². The van der Waals surface area contributed by atoms with Crippen LogP contribution in [0.25, 0.3) is 0 Å². The molecule has 2 aromatic carbocycles. The van der Waals surface area contributed by atoms with Crippen molar-refractivity contribution in [3.63, 3.8) is 0 Å². The Kier molecular flexibility index (Phi) is 6.45. The number of carbonyl (C=O) groups excluding carboxylic acids is 1. The van der Waals surface area contributed by atoms with Gasteiger partial charge in [-0.15, -0.1) is 0 Å². The Morgan fingerprint density at radius 3 is 2.28 bits per heavy atom. The third kappa shape index (κ3) is 6.40. The first-order valence-electron chi connectivity index (χ1n) is 7.84. The van der Waals surface area contributed by atoms with Crippen molar-refractivity contribution >= 4 is 33.2 Å². The number of amides is 1. The van der Waals surface area contributed by atoms with Crippen molar-refractivity contribution in [2.75, 3.05) is 10.5 Å². The van der Waals surface area contributed by atoms with Crippen LogP contribution in [0.3, 0.4) is 0 Å². The fourth-order valence-electron chi connectivity index (χ4n) is 2.21. The van der Waals surface area contributed by atoms with E-state index < -0.39 is 15.9 Å². The lowest BCUT2D eigenvalue weighted by atomic mass is 10.2. The van der Waals surface area contributed by atoms with E-state index in [9.17, 15) is 13.2 Å². The molecule has 0 fully saturated rings. The number of nitrogens with one attached hydrogen (secondary N) is 2. The molecule has 2 rings (SSSR count). The molecule has 2 aromatic rings. The number of hydrogen-bond acceptors (Lipinski definition) is 3. The molecule has 134 valence electrons. The van der Waals surface area contributed by atoms with E-state index in [1.807, 2.05) is 31.2 Å². The molecule has 0 spiro atoms. The second-order valence-corrected chi connectivity index (χ2v) is 8.20. The number of hydrogen-bond donors (Lipinski definition) is 2. The molecule has 1 amide bonds. The monoisotopic (exact) mass is 380 g/mol. The largest absolute Gasteiger partial charge is 0.352 e. The van der Waals surface area contributed by atoms with E-state index >= 15 is 0 Å². The Labute approximate surface area is 153 Å². The van der Waals surface area contributed by atoms with Crippen LogP contribution < -0.4 is 10.0 Å². The molecule has 7 heteroatoms. The molecule has 0 aliphatic carbocycles. The Morgan fingerprint density at radius 1 is 1.08 bits per heavy atom. The molecule has 0 bridgehead atoms. The summed E-state index contributed by atoms with van der Waals surface area (Å²) in [6.07, 6.45) is 0. The lowest BCUT2D eigenvalue weighted by molar-refractivity contribution is -0.124. The SMILES string of the molecule is Cc1ccc(NS(=O)(=O)CC(C)C(=O)NCc2ccc(Cl)cc2)cc1. The van der Waals surface area contributed by atoms with E-state index in [2.05, 4.69) is 10.0 Å². The van der Waals surface area contributed by atoms with Crippen molar-refractivity contribution < 1.29 is 13.2 Å². The lowest BCUT2D eigenvalue weighted by Crippen LogP contribution is -2.34. The van der Waals surface area contributed by atoms with Crippen molar-refractivity contribution in [3.05, 3.63) is 64.7 Å². The molecule has 0 aliphatic heterocycles. The normalized spacial score (nSPS) is 12.4. The van der Waals surface area contributed by atoms with Gasteiger partial charge in [0.25, 0.3) is 0 Å². The quantitative estimate of drug-likeness (QED) is 0.773. The third-order valence-corrected chi connectivity index (χ3v) is 5.36. The number of halogens is 1. The highest BCUT2D eigenvalue weighted by molar-refractivity contribution is 7.92. The third-order valence-electron chi connectivity index (χ3n) is 3.62. The first-order valence-corrected chi connectivity index (χ1v) is 9.87. The fraction of sp³-hybridized carbons (Fsp3) is 0.278. The maximum Gasteiger partial charge on any atom is 0.233 e. The highest BCUT2D eigenvalue weighted by Gasteiger charge is 2.21. The summed E-state index contributed by atoms with van der Waals surface area (Å²) in [7, 11) is -3.61. The Balaban J connectivity index is 1.88. The Bertz CT molecular complexity index is 818. The summed E-state index contributed by atoms with van der Waals surface area (Å²) in [6, 6.07) is 14.1. The molecule has 0 saturated heterocycles. The Hall–Kier alpha value is -2.05. The molecular weight excluding hydrogens is 360 g/mol. The van der Waals surface area contributed by atoms with Gasteiger partial charge in [0.2, 0.25) is 15.9 Å². The number of benzene rings is 2. The van der Waals surface area contributed by atoms with Crippen LogP contribution in [0.1, 0.15) is 18.1 Å². The minimum Gasteiger partial charge on any atom is -0.352 e. The second kappa shape index (κ2) is 8.36. The highest BCUT2D eigenvalue weighted by atomic mass is 35.5. The zero-order valence-electron chi connectivity index (χ0n) is 14.1. The first kappa shape index (κ1) is 19.3. The zero-order chi connectivity index (χ0) is 18.4. The summed E-state index contributed by atoms with van der Waals surface area (Å²) in [6.45, 7) is 3.84. The predicted octanol–water partition coefficient (Wildman–Crippen LogP) is 3.34. The van der Waals surface area contributed by atoms with Gasteiger partial charge in [0, 0.05) is 17.3 Å². The van der Waals surface area contributed by atoms with Crippen LogP contribution in [-0.4, -0.2) is 20.1 Å². The molecule has 0 saturated carbocycles. The van der Waals surface area contributed by atoms with Gasteiger partial charge < -0.3 is 5.32 Å². The van der Waals surface area contributed by atoms with Crippen LogP contribution in [0, 0.1) is 12.8 Å². The van der Waals surface area contributed by atoms with Crippen LogP contribution >= 0.6 is 11.6 Å². The number of aryl methyl sites for hydroxylation is 1. The van der Waals surface area contributed by atoms with Crippen LogP contribution in [-0.2, 0) is 21.4 Å². The van der Waals surface area contributed by atoms with Crippen LogP contribution in [0.2, 0.25) is 5.02 Å². The summed E-state index contributed by atoms with van der Waals surface area (Å²) in [5.41, 5.74) is 2.42. The van der Waals surface area contributed by atoms with Gasteiger partial charge in [-0.25, -0.2) is 8.42 Å². The fourth-order valence-corrected chi connectivity index (χ4v) is 3.73. The van der Waals surface area contributed by atoms with Gasteiger partial charge in [-0.2, -0.15) is 0 Å². The maximum atomic E-state index is 12.2. The highest BCUT2D eigenvalue weighted by Crippen LogP contribution is 2.13. The zero-order valence-corrected chi connectivity index (χ0v) is 15.7. The topological polar surface area (TPSA) is 75.3 Å². The number of rotatable bonds is 7. The van der Waals surface area contributed by atoms with Crippen LogP contribution in [0.15, 0.2) is 48.5 Å². The minimum atomic E-state index is -3.61. The minimum absolute atomic E-state index is 0.284. The van der Waals surface area contributed by atoms with Crippen molar-refractivity contribution in [3.8, 4) is 0 Å². The molecule has 0 aromatic heterocycles. The number of sulfonamides is 1. The predicted molar refractivity (Wildman–Crippen MR) is 101 cm³/mol. The smallest absolute Gasteiger partial charge is 0.233 e. The van der Waals surface area contributed by atoms with Gasteiger partial charge in [0.15, 0.2) is 0 Å². The molecule has 0 aliphatic rings. The molecule has 1 unspecified atom stereocenters. The molecule has 1 atom stereocenters. The van der Waals surface area contributed by atoms with Crippen molar-refractivity contribution in [1.82, 2.24) is 5.32 Å². The standard InChI is InChI=1S/C18H21ClN2O3S/c1-13-3-9-17(10-4-13)21-25(23,24)12-14(2)18(22)20-11-15-5-7-16(19)8-6-15/h3-10,14,21H,11-12H2,1-2H3,(H,20,22). The van der Waals surface area contributed by atoms with Gasteiger partial charge >= 0.3 is 0 Å². The molecule has 0 radical (unpaired) electrons. The van der Waals surface area contributed by atoms with E-state index in [0.717, 1.165) is 11.1 Å². The average Bonchev–Trinajstić information content (AvgIpc) is 2.55. The molecular formula is C18H21ClN2O3S. The second-order valence-electron chi connectivity index (χ2n) is 5.99. The van der Waals surface area contributed by atoms with Gasteiger partial charge in [-0.3, -0.25) is 9.52 Å². The van der Waals surface area contributed by atoms with Crippen LogP contribution in [0.5, 0.6) is 0 Å². The van der Waals surface area contributed by atoms with E-state index in [0.29, 0.717) is 17.3 Å². The lowest BCUT2D eigenvalue weighted by Gasteiger charge is -2.14. The average molecular weight is 381 g/mol. The van der Waals surface area contributed by atoms with Gasteiger partial charge in [-0.05, 0) is 36.8 Å². The maximum absolute atomic E-state index is 12.2. The number of anilines is 1. The van der Waals surface area contributed by atoms with Gasteiger partial charge in [-0.1, -0.05) is 48.4 Å². The summed E-state index contributed by atoms with van der Waals surface area (Å²) in [4.78, 5) is 12.1. The van der Waals surface area contributed by atoms with Crippen LogP contribution in [0.4, 0.5) is 5.69 Å². The Morgan fingerprint density at radius 2 is 1.68 bits per heavy atom. The number of carbonyl (C=O) groups is 1. The summed E-state index contributed by atoms with van der Waals surface area (Å²) >= 11 is 5.81. The van der Waals surface area contributed by atoms with E-state index in [1.54, 1.807) is 31.2 Å². The van der Waals surface area contributed by atoms with E-state index in [1.165, 1.54) is 0 Å². The van der Waals surface area contributed by atoms with Crippen molar-refractivity contribution in [1.29, 1.82) is 0 Å². The van der Waals surface area contributed by atoms with Crippen molar-refractivity contribution in [2.24, 2.45) is 5.92 Å². The molecule has 5 nitrogen and oxygen atoms in total. The molecule has 0 heterocycles. The first-order chi connectivity index (χ1) is 11.7. The van der Waals surface area contributed by atoms with Gasteiger partial charge in [0.05, 0.1) is 11.7 Å². The van der Waals surface area contributed by atoms with Crippen molar-refractivity contribution in [2.45, 2.75) is 20.4 Å². The van der Waals surface area contributed by atoms with E-state index in [-0.39, 0.29) is 11.7 Å². The summed E-state index contributed by atoms with van der Waals surface area (Å²) in [5, 5.41) is 3.36. The summed E-state index contributed by atoms with van der Waals surface area (Å²) < 4.78 is 26.9.